The molecule has 0 N–H and O–H groups in total. The molecule has 2 aromatic rings. The molecule has 2 heteroatoms. The summed E-state index contributed by atoms with van der Waals surface area (Å²) >= 11 is 0. The highest BCUT2D eigenvalue weighted by atomic mass is 16.6. The number of hydrogen-bond donors (Lipinski definition) is 0. The van der Waals surface area contributed by atoms with Gasteiger partial charge in [-0.3, -0.25) is 0 Å². The van der Waals surface area contributed by atoms with Gasteiger partial charge in [0.25, 0.3) is 0 Å². The summed E-state index contributed by atoms with van der Waals surface area (Å²) in [5.74, 6) is 2.35. The standard InChI is InChI=1S/C31H44O2/c1-20-23(28(2,3)4)12-13-24-27(20)31(9,10)22(19-30(24,7)8)18-29(5,6)21-11-14-25-26(17-21)33-16-15-32-25/h11-14,17,22H,15-16,18-19H2,1-10H3. The highest BCUT2D eigenvalue weighted by molar-refractivity contribution is 5.52. The van der Waals surface area contributed by atoms with Crippen LogP contribution in [0.15, 0.2) is 30.3 Å². The van der Waals surface area contributed by atoms with Crippen LogP contribution in [-0.4, -0.2) is 13.2 Å². The van der Waals surface area contributed by atoms with Gasteiger partial charge in [0.1, 0.15) is 13.2 Å². The highest BCUT2D eigenvalue weighted by Crippen LogP contribution is 2.54. The third-order valence-corrected chi connectivity index (χ3v) is 8.50. The Kier molecular flexibility index (Phi) is 5.70. The summed E-state index contributed by atoms with van der Waals surface area (Å²) in [4.78, 5) is 0. The quantitative estimate of drug-likeness (QED) is 0.473. The zero-order valence-corrected chi connectivity index (χ0v) is 22.6. The van der Waals surface area contributed by atoms with Crippen LogP contribution in [0.5, 0.6) is 11.5 Å². The maximum Gasteiger partial charge on any atom is 0.161 e. The number of hydrogen-bond acceptors (Lipinski definition) is 2. The largest absolute Gasteiger partial charge is 0.486 e. The monoisotopic (exact) mass is 448 g/mol. The minimum atomic E-state index is 0.0426. The predicted molar refractivity (Wildman–Crippen MR) is 139 cm³/mol. The first-order valence-corrected chi connectivity index (χ1v) is 12.7. The van der Waals surface area contributed by atoms with Crippen molar-refractivity contribution in [2.75, 3.05) is 13.2 Å². The van der Waals surface area contributed by atoms with Gasteiger partial charge in [-0.25, -0.2) is 0 Å². The minimum absolute atomic E-state index is 0.0426. The Morgan fingerprint density at radius 2 is 1.52 bits per heavy atom. The second-order valence-electron chi connectivity index (χ2n) is 13.4. The lowest BCUT2D eigenvalue weighted by Gasteiger charge is -2.51. The highest BCUT2D eigenvalue weighted by Gasteiger charge is 2.47. The van der Waals surface area contributed by atoms with Crippen LogP contribution in [-0.2, 0) is 21.7 Å². The number of fused-ring (bicyclic) bond motifs is 2. The van der Waals surface area contributed by atoms with Crippen LogP contribution in [0.1, 0.15) is 103 Å². The van der Waals surface area contributed by atoms with Crippen molar-refractivity contribution in [3.05, 3.63) is 58.1 Å². The molecule has 33 heavy (non-hydrogen) atoms. The predicted octanol–water partition coefficient (Wildman–Crippen LogP) is 8.01. The second kappa shape index (κ2) is 7.79. The molecular weight excluding hydrogens is 404 g/mol. The molecule has 1 unspecified atom stereocenters. The molecule has 1 aliphatic carbocycles. The van der Waals surface area contributed by atoms with E-state index in [1.165, 1.54) is 23.1 Å². The van der Waals surface area contributed by atoms with Crippen LogP contribution in [0.25, 0.3) is 0 Å². The maximum atomic E-state index is 5.91. The fraction of sp³-hybridized carbons (Fsp3) is 0.613. The number of benzene rings is 2. The SMILES string of the molecule is Cc1c(C(C)(C)C)ccc2c1C(C)(C)C(CC(C)(C)c1ccc3c(c1)OCCO3)CC2(C)C. The molecule has 0 bridgehead atoms. The van der Waals surface area contributed by atoms with Crippen molar-refractivity contribution < 1.29 is 9.47 Å². The summed E-state index contributed by atoms with van der Waals surface area (Å²) in [7, 11) is 0. The Morgan fingerprint density at radius 3 is 2.15 bits per heavy atom. The molecular formula is C31H44O2. The van der Waals surface area contributed by atoms with Gasteiger partial charge >= 0.3 is 0 Å². The van der Waals surface area contributed by atoms with Crippen molar-refractivity contribution in [3.63, 3.8) is 0 Å². The van der Waals surface area contributed by atoms with Crippen LogP contribution in [0.4, 0.5) is 0 Å². The molecule has 0 aromatic heterocycles. The van der Waals surface area contributed by atoms with Crippen LogP contribution in [0, 0.1) is 12.8 Å². The van der Waals surface area contributed by atoms with Gasteiger partial charge in [-0.1, -0.05) is 80.5 Å². The van der Waals surface area contributed by atoms with Gasteiger partial charge in [-0.05, 0) is 87.3 Å². The van der Waals surface area contributed by atoms with E-state index in [0.717, 1.165) is 17.9 Å². The van der Waals surface area contributed by atoms with Crippen LogP contribution < -0.4 is 9.47 Å². The average Bonchev–Trinajstić information content (AvgIpc) is 2.70. The van der Waals surface area contributed by atoms with Crippen molar-refractivity contribution in [2.24, 2.45) is 5.92 Å². The maximum absolute atomic E-state index is 5.91. The molecule has 1 heterocycles. The first-order valence-electron chi connectivity index (χ1n) is 12.7. The van der Waals surface area contributed by atoms with E-state index in [9.17, 15) is 0 Å². The van der Waals surface area contributed by atoms with Crippen molar-refractivity contribution in [1.29, 1.82) is 0 Å². The third kappa shape index (κ3) is 4.19. The first-order chi connectivity index (χ1) is 15.1. The average molecular weight is 449 g/mol. The van der Waals surface area contributed by atoms with Gasteiger partial charge in [0.2, 0.25) is 0 Å². The zero-order chi connectivity index (χ0) is 24.4. The Morgan fingerprint density at radius 1 is 0.879 bits per heavy atom. The fourth-order valence-electron chi connectivity index (χ4n) is 6.63. The summed E-state index contributed by atoms with van der Waals surface area (Å²) in [6.07, 6.45) is 2.34. The topological polar surface area (TPSA) is 18.5 Å². The van der Waals surface area contributed by atoms with Crippen molar-refractivity contribution in [2.45, 2.75) is 104 Å². The molecule has 0 spiro atoms. The molecule has 0 saturated heterocycles. The summed E-state index contributed by atoms with van der Waals surface area (Å²) in [5, 5.41) is 0. The molecule has 0 radical (unpaired) electrons. The molecule has 0 saturated carbocycles. The lowest BCUT2D eigenvalue weighted by atomic mass is 9.53. The van der Waals surface area contributed by atoms with Crippen LogP contribution in [0.3, 0.4) is 0 Å². The van der Waals surface area contributed by atoms with Crippen LogP contribution in [0.2, 0.25) is 0 Å². The van der Waals surface area contributed by atoms with E-state index < -0.39 is 0 Å². The van der Waals surface area contributed by atoms with E-state index in [1.54, 1.807) is 11.1 Å². The zero-order valence-electron chi connectivity index (χ0n) is 22.6. The van der Waals surface area contributed by atoms with Gasteiger partial charge < -0.3 is 9.47 Å². The van der Waals surface area contributed by atoms with Crippen molar-refractivity contribution in [3.8, 4) is 11.5 Å². The molecule has 1 aliphatic heterocycles. The Hall–Kier alpha value is -1.96. The molecule has 0 fully saturated rings. The normalized spacial score (nSPS) is 21.5. The number of ether oxygens (including phenoxy) is 2. The van der Waals surface area contributed by atoms with E-state index in [-0.39, 0.29) is 21.7 Å². The summed E-state index contributed by atoms with van der Waals surface area (Å²) in [6, 6.07) is 11.4. The van der Waals surface area contributed by atoms with Gasteiger partial charge in [0.05, 0.1) is 0 Å². The Balaban J connectivity index is 1.74. The molecule has 2 aliphatic rings. The molecule has 0 amide bonds. The van der Waals surface area contributed by atoms with E-state index in [1.807, 2.05) is 0 Å². The van der Waals surface area contributed by atoms with Crippen molar-refractivity contribution >= 4 is 0 Å². The van der Waals surface area contributed by atoms with Crippen LogP contribution >= 0.6 is 0 Å². The van der Waals surface area contributed by atoms with Gasteiger partial charge in [-0.2, -0.15) is 0 Å². The summed E-state index contributed by atoms with van der Waals surface area (Å²) < 4.78 is 11.7. The van der Waals surface area contributed by atoms with Gasteiger partial charge in [0.15, 0.2) is 11.5 Å². The lowest BCUT2D eigenvalue weighted by molar-refractivity contribution is 0.166. The smallest absolute Gasteiger partial charge is 0.161 e. The van der Waals surface area contributed by atoms with E-state index in [4.69, 9.17) is 9.47 Å². The summed E-state index contributed by atoms with van der Waals surface area (Å²) in [6.45, 7) is 25.3. The molecule has 180 valence electrons. The number of rotatable bonds is 3. The van der Waals surface area contributed by atoms with E-state index in [2.05, 4.69) is 99.6 Å². The fourth-order valence-corrected chi connectivity index (χ4v) is 6.63. The summed E-state index contributed by atoms with van der Waals surface area (Å²) in [5.41, 5.74) is 7.93. The van der Waals surface area contributed by atoms with Crippen molar-refractivity contribution in [1.82, 2.24) is 0 Å². The Labute approximate surface area is 202 Å². The van der Waals surface area contributed by atoms with E-state index in [0.29, 0.717) is 19.1 Å². The molecule has 4 rings (SSSR count). The first kappa shape index (κ1) is 24.2. The Bertz CT molecular complexity index is 1050. The lowest BCUT2D eigenvalue weighted by Crippen LogP contribution is -2.44. The molecule has 2 nitrogen and oxygen atoms in total. The minimum Gasteiger partial charge on any atom is -0.486 e. The van der Waals surface area contributed by atoms with Gasteiger partial charge in [0, 0.05) is 0 Å². The molecule has 1 atom stereocenters. The van der Waals surface area contributed by atoms with E-state index >= 15 is 0 Å². The molecule has 2 aromatic carbocycles. The third-order valence-electron chi connectivity index (χ3n) is 8.50. The second-order valence-corrected chi connectivity index (χ2v) is 13.4. The van der Waals surface area contributed by atoms with Gasteiger partial charge in [-0.15, -0.1) is 0 Å².